The molecule has 0 radical (unpaired) electrons. The number of Topliss-reactive ketones (excluding diaryl/α,β-unsaturated/α-hetero) is 1. The maximum Gasteiger partial charge on any atom is 0.394 e. The number of aliphatic hydroxyl groups excluding tert-OH is 1. The lowest BCUT2D eigenvalue weighted by atomic mass is 10.0. The van der Waals surface area contributed by atoms with Crippen LogP contribution in [0.5, 0.6) is 0 Å². The van der Waals surface area contributed by atoms with Crippen LogP contribution in [0.15, 0.2) is 12.2 Å². The lowest BCUT2D eigenvalue weighted by molar-refractivity contribution is -0.121. The number of unbranched alkanes of at least 4 members (excludes halogenated alkanes) is 11. The van der Waals surface area contributed by atoms with Crippen LogP contribution in [0.1, 0.15) is 110 Å². The third-order valence-electron chi connectivity index (χ3n) is 5.09. The van der Waals surface area contributed by atoms with Gasteiger partial charge in [-0.2, -0.15) is 8.78 Å². The van der Waals surface area contributed by atoms with E-state index in [9.17, 15) is 23.2 Å². The quantitative estimate of drug-likeness (QED) is 0.111. The van der Waals surface area contributed by atoms with Crippen molar-refractivity contribution in [2.24, 2.45) is 0 Å². The van der Waals surface area contributed by atoms with Gasteiger partial charge in [-0.25, -0.2) is 0 Å². The molecule has 0 heterocycles. The Morgan fingerprint density at radius 3 is 1.87 bits per heavy atom. The molecule has 0 aliphatic carbocycles. The zero-order chi connectivity index (χ0) is 22.9. The van der Waals surface area contributed by atoms with Gasteiger partial charge in [0.25, 0.3) is 0 Å². The Kier molecular flexibility index (Phi) is 16.6. The zero-order valence-electron chi connectivity index (χ0n) is 18.4. The summed E-state index contributed by atoms with van der Waals surface area (Å²) in [6.45, 7) is 2.22. The first-order valence-corrected chi connectivity index (χ1v) is 13.0. The van der Waals surface area contributed by atoms with E-state index in [1.54, 1.807) is 0 Å². The summed E-state index contributed by atoms with van der Waals surface area (Å²) >= 11 is 0. The van der Waals surface area contributed by atoms with E-state index >= 15 is 0 Å². The van der Waals surface area contributed by atoms with Crippen LogP contribution in [0.4, 0.5) is 8.78 Å². The van der Waals surface area contributed by atoms with Crippen molar-refractivity contribution in [1.82, 2.24) is 0 Å². The molecule has 0 aromatic rings. The second-order valence-electron chi connectivity index (χ2n) is 8.14. The number of aliphatic hydroxyl groups is 1. The first-order chi connectivity index (χ1) is 14.1. The molecule has 0 aromatic heterocycles. The smallest absolute Gasteiger partial charge is 0.392 e. The molecule has 0 fully saturated rings. The molecule has 5 nitrogen and oxygen atoms in total. The number of rotatable bonds is 20. The number of carbonyl (C=O) groups is 1. The Bertz CT molecular complexity index is 520. The number of hydrogen-bond donors (Lipinski definition) is 3. The van der Waals surface area contributed by atoms with Gasteiger partial charge in [0.05, 0.1) is 12.5 Å². The van der Waals surface area contributed by atoms with E-state index in [0.29, 0.717) is 6.42 Å². The van der Waals surface area contributed by atoms with Gasteiger partial charge in [0.15, 0.2) is 0 Å². The summed E-state index contributed by atoms with van der Waals surface area (Å²) in [5, 5.41) is 9.49. The molecular formula is C22H41F2O5P. The second kappa shape index (κ2) is 17.0. The van der Waals surface area contributed by atoms with Crippen molar-refractivity contribution in [1.29, 1.82) is 0 Å². The third-order valence-corrected chi connectivity index (χ3v) is 6.12. The monoisotopic (exact) mass is 454 g/mol. The average molecular weight is 455 g/mol. The minimum absolute atomic E-state index is 0.191. The normalized spacial score (nSPS) is 13.8. The Balaban J connectivity index is 3.59. The van der Waals surface area contributed by atoms with E-state index in [-0.39, 0.29) is 12.2 Å². The number of allylic oxidation sites excluding steroid dienone is 2. The van der Waals surface area contributed by atoms with Gasteiger partial charge in [0, 0.05) is 12.8 Å². The fraction of sp³-hybridized carbons (Fsp3) is 0.864. The largest absolute Gasteiger partial charge is 0.394 e. The Labute approximate surface area is 180 Å². The Morgan fingerprint density at radius 2 is 1.37 bits per heavy atom. The van der Waals surface area contributed by atoms with Crippen molar-refractivity contribution in [2.45, 2.75) is 121 Å². The molecule has 178 valence electrons. The summed E-state index contributed by atoms with van der Waals surface area (Å²) in [6.07, 6.45) is 15.8. The Hall–Kier alpha value is -0.620. The molecule has 0 aliphatic heterocycles. The van der Waals surface area contributed by atoms with E-state index in [1.165, 1.54) is 38.5 Å². The van der Waals surface area contributed by atoms with Gasteiger partial charge >= 0.3 is 13.3 Å². The fourth-order valence-corrected chi connectivity index (χ4v) is 3.68. The van der Waals surface area contributed by atoms with Crippen molar-refractivity contribution >= 4 is 13.4 Å². The standard InChI is InChI=1S/C22H41F2O5P/c1-2-3-4-5-6-7-8-9-10-11-12-13-14-15-16-17-20(25)18-21(26)19-22(23,24)30(27,28)29/h9-10,21,26H,2-8,11-19H2,1H3,(H2,27,28,29)/b10-9-/t21-/m1/s1. The van der Waals surface area contributed by atoms with E-state index in [1.807, 2.05) is 0 Å². The molecule has 0 aromatic carbocycles. The minimum Gasteiger partial charge on any atom is -0.392 e. The van der Waals surface area contributed by atoms with Gasteiger partial charge in [-0.15, -0.1) is 0 Å². The number of hydrogen-bond acceptors (Lipinski definition) is 3. The summed E-state index contributed by atoms with van der Waals surface area (Å²) in [7, 11) is -5.63. The molecule has 0 bridgehead atoms. The number of carbonyl (C=O) groups excluding carboxylic acids is 1. The van der Waals surface area contributed by atoms with Gasteiger partial charge in [0.1, 0.15) is 5.78 Å². The summed E-state index contributed by atoms with van der Waals surface area (Å²) in [4.78, 5) is 28.8. The summed E-state index contributed by atoms with van der Waals surface area (Å²) in [5.41, 5.74) is -4.31. The van der Waals surface area contributed by atoms with Crippen LogP contribution in [0.2, 0.25) is 0 Å². The average Bonchev–Trinajstić information content (AvgIpc) is 2.63. The first kappa shape index (κ1) is 29.4. The lowest BCUT2D eigenvalue weighted by Crippen LogP contribution is -2.26. The van der Waals surface area contributed by atoms with Crippen molar-refractivity contribution in [3.63, 3.8) is 0 Å². The maximum atomic E-state index is 13.2. The van der Waals surface area contributed by atoms with Gasteiger partial charge in [0.2, 0.25) is 0 Å². The predicted octanol–water partition coefficient (Wildman–Crippen LogP) is 6.50. The highest BCUT2D eigenvalue weighted by atomic mass is 31.2. The molecule has 0 amide bonds. The SMILES string of the molecule is CCCCCCCC/C=C\CCCCCCCC(=O)C[C@@H](O)CC(F)(F)P(=O)(O)O. The molecule has 0 saturated heterocycles. The van der Waals surface area contributed by atoms with Crippen molar-refractivity contribution in [2.75, 3.05) is 0 Å². The highest BCUT2D eigenvalue weighted by molar-refractivity contribution is 7.53. The molecule has 8 heteroatoms. The third kappa shape index (κ3) is 16.1. The highest BCUT2D eigenvalue weighted by Crippen LogP contribution is 2.55. The van der Waals surface area contributed by atoms with Crippen molar-refractivity contribution in [3.8, 4) is 0 Å². The fourth-order valence-electron chi connectivity index (χ4n) is 3.23. The lowest BCUT2D eigenvalue weighted by Gasteiger charge is -2.20. The summed E-state index contributed by atoms with van der Waals surface area (Å²) < 4.78 is 37.0. The predicted molar refractivity (Wildman–Crippen MR) is 117 cm³/mol. The number of alkyl halides is 2. The Morgan fingerprint density at radius 1 is 0.900 bits per heavy atom. The van der Waals surface area contributed by atoms with Crippen molar-refractivity contribution < 1.29 is 33.0 Å². The van der Waals surface area contributed by atoms with Crippen molar-refractivity contribution in [3.05, 3.63) is 12.2 Å². The van der Waals surface area contributed by atoms with Gasteiger partial charge < -0.3 is 14.9 Å². The van der Waals surface area contributed by atoms with Crippen LogP contribution < -0.4 is 0 Å². The van der Waals surface area contributed by atoms with E-state index in [4.69, 9.17) is 9.79 Å². The first-order valence-electron chi connectivity index (χ1n) is 11.4. The maximum absolute atomic E-state index is 13.2. The topological polar surface area (TPSA) is 94.8 Å². The van der Waals surface area contributed by atoms with E-state index in [2.05, 4.69) is 19.1 Å². The summed E-state index contributed by atoms with van der Waals surface area (Å²) in [6, 6.07) is 0. The molecular weight excluding hydrogens is 413 g/mol. The molecule has 1 atom stereocenters. The molecule has 3 N–H and O–H groups in total. The molecule has 30 heavy (non-hydrogen) atoms. The molecule has 0 spiro atoms. The van der Waals surface area contributed by atoms with Crippen LogP contribution in [-0.4, -0.2) is 32.4 Å². The van der Waals surface area contributed by atoms with Crippen LogP contribution >= 0.6 is 7.60 Å². The summed E-state index contributed by atoms with van der Waals surface area (Å²) in [5.74, 6) is -0.360. The van der Waals surface area contributed by atoms with Crippen LogP contribution in [0.25, 0.3) is 0 Å². The second-order valence-corrected chi connectivity index (χ2v) is 9.89. The van der Waals surface area contributed by atoms with Crippen LogP contribution in [-0.2, 0) is 9.36 Å². The highest BCUT2D eigenvalue weighted by Gasteiger charge is 2.49. The van der Waals surface area contributed by atoms with E-state index in [0.717, 1.165) is 38.5 Å². The van der Waals surface area contributed by atoms with Crippen LogP contribution in [0, 0.1) is 0 Å². The van der Waals surface area contributed by atoms with Gasteiger partial charge in [-0.3, -0.25) is 9.36 Å². The molecule has 0 aliphatic rings. The van der Waals surface area contributed by atoms with Crippen LogP contribution in [0.3, 0.4) is 0 Å². The number of halogens is 2. The molecule has 0 unspecified atom stereocenters. The number of ketones is 1. The van der Waals surface area contributed by atoms with Gasteiger partial charge in [-0.1, -0.05) is 70.4 Å². The zero-order valence-corrected chi connectivity index (χ0v) is 19.3. The van der Waals surface area contributed by atoms with E-state index < -0.39 is 32.2 Å². The molecule has 0 rings (SSSR count). The van der Waals surface area contributed by atoms with Gasteiger partial charge in [-0.05, 0) is 32.1 Å². The minimum atomic E-state index is -5.63. The molecule has 0 saturated carbocycles.